The van der Waals surface area contributed by atoms with E-state index in [1.807, 2.05) is 4.90 Å². The van der Waals surface area contributed by atoms with E-state index in [2.05, 4.69) is 19.7 Å². The van der Waals surface area contributed by atoms with Crippen molar-refractivity contribution in [3.63, 3.8) is 0 Å². The molecule has 0 bridgehead atoms. The molecule has 1 saturated heterocycles. The number of aromatic nitrogens is 2. The molecule has 5 rings (SSSR count). The number of alkyl halides is 3. The van der Waals surface area contributed by atoms with Crippen molar-refractivity contribution in [2.45, 2.75) is 49.1 Å². The first kappa shape index (κ1) is 26.4. The van der Waals surface area contributed by atoms with Crippen molar-refractivity contribution in [2.75, 3.05) is 19.7 Å². The molecule has 1 aromatic heterocycles. The van der Waals surface area contributed by atoms with Gasteiger partial charge in [-0.25, -0.2) is 14.4 Å². The molecule has 2 N–H and O–H groups in total. The van der Waals surface area contributed by atoms with E-state index in [9.17, 15) is 22.8 Å². The van der Waals surface area contributed by atoms with Gasteiger partial charge in [-0.15, -0.1) is 0 Å². The van der Waals surface area contributed by atoms with Crippen molar-refractivity contribution in [1.82, 2.24) is 14.9 Å². The Bertz CT molecular complexity index is 1300. The maximum Gasteiger partial charge on any atom is 0.422 e. The monoisotopic (exact) mass is 551 g/mol. The van der Waals surface area contributed by atoms with Crippen LogP contribution >= 0.6 is 11.8 Å². The molecule has 0 radical (unpaired) electrons. The molecule has 3 atom stereocenters. The molecule has 2 fully saturated rings. The number of likely N-dealkylation sites (tertiary alicyclic amines) is 1. The van der Waals surface area contributed by atoms with Gasteiger partial charge in [-0.3, -0.25) is 14.6 Å². The van der Waals surface area contributed by atoms with Gasteiger partial charge in [0.15, 0.2) is 17.6 Å². The molecule has 3 heterocycles. The van der Waals surface area contributed by atoms with Gasteiger partial charge in [-0.2, -0.15) is 13.2 Å². The van der Waals surface area contributed by atoms with Gasteiger partial charge in [-0.1, -0.05) is 17.8 Å². The van der Waals surface area contributed by atoms with Crippen LogP contribution in [0.5, 0.6) is 5.88 Å². The van der Waals surface area contributed by atoms with Crippen LogP contribution in [0.25, 0.3) is 0 Å². The van der Waals surface area contributed by atoms with Crippen LogP contribution in [0.1, 0.15) is 47.8 Å². The number of amides is 1. The zero-order valence-electron chi connectivity index (χ0n) is 20.4. The molecule has 1 aliphatic carbocycles. The number of ether oxygens (including phenoxy) is 1. The molecule has 3 aliphatic rings. The highest BCUT2D eigenvalue weighted by atomic mass is 32.2. The number of amidine groups is 1. The molecule has 8 nitrogen and oxygen atoms in total. The first-order valence-corrected chi connectivity index (χ1v) is 12.9. The number of carbonyl (C=O) groups is 2. The van der Waals surface area contributed by atoms with Gasteiger partial charge in [0.25, 0.3) is 0 Å². The smallest absolute Gasteiger partial charge is 0.422 e. The maximum absolute atomic E-state index is 15.2. The summed E-state index contributed by atoms with van der Waals surface area (Å²) >= 11 is 1.25. The molecule has 1 saturated carbocycles. The number of carbonyl (C=O) groups excluding carboxylic acids is 2. The quantitative estimate of drug-likeness (QED) is 0.413. The van der Waals surface area contributed by atoms with E-state index in [0.29, 0.717) is 25.1 Å². The summed E-state index contributed by atoms with van der Waals surface area (Å²) in [5.41, 5.74) is 5.73. The third-order valence-corrected chi connectivity index (χ3v) is 8.50. The van der Waals surface area contributed by atoms with E-state index in [1.54, 1.807) is 13.0 Å². The number of aliphatic imine (C=N–C) groups is 1. The Morgan fingerprint density at radius 3 is 2.61 bits per heavy atom. The second kappa shape index (κ2) is 9.51. The van der Waals surface area contributed by atoms with Gasteiger partial charge < -0.3 is 15.4 Å². The molecular formula is C25H25F4N5O3S. The van der Waals surface area contributed by atoms with Gasteiger partial charge in [-0.05, 0) is 43.9 Å². The number of hydrogen-bond acceptors (Lipinski definition) is 8. The van der Waals surface area contributed by atoms with Crippen molar-refractivity contribution in [1.29, 1.82) is 0 Å². The third kappa shape index (κ3) is 4.95. The summed E-state index contributed by atoms with van der Waals surface area (Å²) in [6.45, 7) is 1.64. The second-order valence-electron chi connectivity index (χ2n) is 9.90. The number of rotatable bonds is 7. The predicted octanol–water partition coefficient (Wildman–Crippen LogP) is 3.64. The molecule has 2 aliphatic heterocycles. The maximum atomic E-state index is 15.2. The molecule has 13 heteroatoms. The lowest BCUT2D eigenvalue weighted by Gasteiger charge is -2.35. The highest BCUT2D eigenvalue weighted by molar-refractivity contribution is 8.15. The lowest BCUT2D eigenvalue weighted by molar-refractivity contribution is -0.154. The number of thioether (sulfide) groups is 1. The lowest BCUT2D eigenvalue weighted by atomic mass is 9.84. The van der Waals surface area contributed by atoms with Crippen molar-refractivity contribution in [3.05, 3.63) is 53.2 Å². The molecule has 1 amide bonds. The van der Waals surface area contributed by atoms with Crippen molar-refractivity contribution >= 4 is 28.6 Å². The molecule has 0 spiro atoms. The zero-order chi connectivity index (χ0) is 27.3. The number of halogens is 4. The first-order valence-electron chi connectivity index (χ1n) is 12.1. The number of ketones is 1. The average molecular weight is 552 g/mol. The van der Waals surface area contributed by atoms with Gasteiger partial charge in [0.05, 0.1) is 17.9 Å². The lowest BCUT2D eigenvalue weighted by Crippen LogP contribution is -2.45. The number of nitrogens with zero attached hydrogens (tertiary/aromatic N) is 4. The van der Waals surface area contributed by atoms with E-state index < -0.39 is 34.7 Å². The Balaban J connectivity index is 1.34. The molecule has 2 aromatic rings. The normalized spacial score (nSPS) is 26.5. The Morgan fingerprint density at radius 2 is 1.95 bits per heavy atom. The van der Waals surface area contributed by atoms with Crippen molar-refractivity contribution in [2.24, 2.45) is 16.6 Å². The summed E-state index contributed by atoms with van der Waals surface area (Å²) < 4.78 is 55.8. The van der Waals surface area contributed by atoms with Crippen LogP contribution < -0.4 is 10.5 Å². The number of Topliss-reactive ketones (excluding diaryl/α,β-unsaturated/α-hetero) is 1. The van der Waals surface area contributed by atoms with E-state index in [1.165, 1.54) is 23.9 Å². The standard InChI is InChI=1S/C25H25F4N5O3S/c1-23(19-10-24(19,38-22(30)33-23)21(36)34-6-2-3-7-34)15-8-14(4-5-16(15)26)9-18(35)17-11-32-20(12-31-17)37-13-25(27,28)29/h4-5,8,11-12,19H,2-3,6-7,9-10,13H2,1H3,(H2,30,33)/t19-,23+,24-/m0/s1. The van der Waals surface area contributed by atoms with Crippen LogP contribution in [0.15, 0.2) is 35.6 Å². The minimum Gasteiger partial charge on any atom is -0.467 e. The summed E-state index contributed by atoms with van der Waals surface area (Å²) in [6, 6.07) is 4.27. The SMILES string of the molecule is C[C@]1(c2cc(CC(=O)c3cnc(OCC(F)(F)F)cn3)ccc2F)N=C(N)S[C@@]2(C(=O)N3CCCC3)C[C@H]21. The minimum atomic E-state index is -4.53. The van der Waals surface area contributed by atoms with E-state index in [4.69, 9.17) is 5.73 Å². The Kier molecular flexibility index (Phi) is 6.60. The molecular weight excluding hydrogens is 526 g/mol. The fraction of sp³-hybridized carbons (Fsp3) is 0.480. The first-order chi connectivity index (χ1) is 17.9. The molecule has 0 unspecified atom stereocenters. The second-order valence-corrected chi connectivity index (χ2v) is 11.3. The summed E-state index contributed by atoms with van der Waals surface area (Å²) in [6.07, 6.45) is -0.276. The number of hydrogen-bond donors (Lipinski definition) is 1. The van der Waals surface area contributed by atoms with Crippen LogP contribution in [-0.2, 0) is 16.8 Å². The van der Waals surface area contributed by atoms with Gasteiger partial charge >= 0.3 is 6.18 Å². The molecule has 38 heavy (non-hydrogen) atoms. The fourth-order valence-corrected chi connectivity index (χ4v) is 6.73. The van der Waals surface area contributed by atoms with Crippen LogP contribution in [0, 0.1) is 11.7 Å². The highest BCUT2D eigenvalue weighted by Crippen LogP contribution is 2.66. The van der Waals surface area contributed by atoms with Crippen molar-refractivity contribution < 1.29 is 31.9 Å². The number of fused-ring (bicyclic) bond motifs is 1. The zero-order valence-corrected chi connectivity index (χ0v) is 21.2. The van der Waals surface area contributed by atoms with Crippen LogP contribution in [0.4, 0.5) is 17.6 Å². The van der Waals surface area contributed by atoms with Crippen LogP contribution in [0.2, 0.25) is 0 Å². The van der Waals surface area contributed by atoms with Gasteiger partial charge in [0, 0.05) is 31.0 Å². The van der Waals surface area contributed by atoms with Crippen LogP contribution in [0.3, 0.4) is 0 Å². The van der Waals surface area contributed by atoms with Crippen molar-refractivity contribution in [3.8, 4) is 5.88 Å². The van der Waals surface area contributed by atoms with E-state index in [0.717, 1.165) is 25.2 Å². The molecule has 1 aromatic carbocycles. The highest BCUT2D eigenvalue weighted by Gasteiger charge is 2.71. The predicted molar refractivity (Wildman–Crippen MR) is 131 cm³/mol. The minimum absolute atomic E-state index is 0.0158. The van der Waals surface area contributed by atoms with Gasteiger partial charge in [0.1, 0.15) is 16.3 Å². The van der Waals surface area contributed by atoms with E-state index >= 15 is 4.39 Å². The topological polar surface area (TPSA) is 111 Å². The van der Waals surface area contributed by atoms with E-state index in [-0.39, 0.29) is 40.6 Å². The Morgan fingerprint density at radius 1 is 1.21 bits per heavy atom. The largest absolute Gasteiger partial charge is 0.467 e. The summed E-state index contributed by atoms with van der Waals surface area (Å²) in [5.74, 6) is -1.59. The Labute approximate surface area is 220 Å². The molecule has 202 valence electrons. The fourth-order valence-electron chi connectivity index (χ4n) is 5.28. The third-order valence-electron chi connectivity index (χ3n) is 7.21. The number of benzene rings is 1. The number of nitrogens with two attached hydrogens (primary N) is 1. The average Bonchev–Trinajstić information content (AvgIpc) is 3.37. The summed E-state index contributed by atoms with van der Waals surface area (Å²) in [7, 11) is 0. The summed E-state index contributed by atoms with van der Waals surface area (Å²) in [5, 5.41) is 0.220. The van der Waals surface area contributed by atoms with Gasteiger partial charge in [0.2, 0.25) is 11.8 Å². The summed E-state index contributed by atoms with van der Waals surface area (Å²) in [4.78, 5) is 40.2. The Hall–Kier alpha value is -3.22. The van der Waals surface area contributed by atoms with Crippen LogP contribution in [-0.4, -0.2) is 62.3 Å².